The molecule has 0 rings (SSSR count). The molecule has 5 heteroatoms. The highest BCUT2D eigenvalue weighted by atomic mass is 35.7. The molecule has 3 nitrogen and oxygen atoms in total. The van der Waals surface area contributed by atoms with Gasteiger partial charge < -0.3 is 4.89 Å². The zero-order valence-corrected chi connectivity index (χ0v) is 5.45. The summed E-state index contributed by atoms with van der Waals surface area (Å²) in [5.74, 6) is 0. The monoisotopic (exact) mass is 144 g/mol. The Morgan fingerprint density at radius 3 is 2.43 bits per heavy atom. The minimum atomic E-state index is -3.69. The summed E-state index contributed by atoms with van der Waals surface area (Å²) < 4.78 is 14.0. The van der Waals surface area contributed by atoms with Crippen LogP contribution in [0.1, 0.15) is 6.92 Å². The smallest absolute Gasteiger partial charge is 0.313 e. The van der Waals surface area contributed by atoms with Crippen LogP contribution in [0.15, 0.2) is 0 Å². The van der Waals surface area contributed by atoms with E-state index in [2.05, 4.69) is 4.52 Å². The number of hydrogen-bond acceptors (Lipinski definition) is 2. The largest absolute Gasteiger partial charge is 0.421 e. The maximum Gasteiger partial charge on any atom is 0.421 e. The normalized spacial score (nSPS) is 18.7. The van der Waals surface area contributed by atoms with E-state index in [1.807, 2.05) is 0 Å². The van der Waals surface area contributed by atoms with Gasteiger partial charge in [0.1, 0.15) is 0 Å². The van der Waals surface area contributed by atoms with Gasteiger partial charge in [-0.1, -0.05) is 0 Å². The Morgan fingerprint density at radius 2 is 2.43 bits per heavy atom. The van der Waals surface area contributed by atoms with Gasteiger partial charge in [-0.25, -0.2) is 4.57 Å². The van der Waals surface area contributed by atoms with E-state index >= 15 is 0 Å². The zero-order valence-electron chi connectivity index (χ0n) is 3.80. The molecule has 0 radical (unpaired) electrons. The van der Waals surface area contributed by atoms with Gasteiger partial charge in [0, 0.05) is 11.2 Å². The Labute approximate surface area is 46.6 Å². The maximum atomic E-state index is 9.91. The first-order valence-corrected chi connectivity index (χ1v) is 4.21. The van der Waals surface area contributed by atoms with Crippen LogP contribution in [0.3, 0.4) is 0 Å². The van der Waals surface area contributed by atoms with Crippen LogP contribution in [-0.4, -0.2) is 11.5 Å². The van der Waals surface area contributed by atoms with E-state index in [9.17, 15) is 4.57 Å². The summed E-state index contributed by atoms with van der Waals surface area (Å²) in [5, 5.41) is 0. The molecule has 1 atom stereocenters. The number of halogens is 1. The van der Waals surface area contributed by atoms with Gasteiger partial charge in [0.25, 0.3) is 0 Å². The lowest BCUT2D eigenvalue weighted by Gasteiger charge is -1.97. The molecule has 1 N–H and O–H groups in total. The second kappa shape index (κ2) is 2.68. The van der Waals surface area contributed by atoms with Crippen molar-refractivity contribution in [3.8, 4) is 0 Å². The summed E-state index contributed by atoms with van der Waals surface area (Å²) in [6, 6.07) is 0. The lowest BCUT2D eigenvalue weighted by atomic mass is 10.9. The summed E-state index contributed by atoms with van der Waals surface area (Å²) >= 11 is 4.72. The predicted octanol–water partition coefficient (Wildman–Crippen LogP) is 1.36. The first-order valence-electron chi connectivity index (χ1n) is 1.73. The van der Waals surface area contributed by atoms with Gasteiger partial charge in [0.15, 0.2) is 0 Å². The van der Waals surface area contributed by atoms with Crippen molar-refractivity contribution in [3.05, 3.63) is 0 Å². The fraction of sp³-hybridized carbons (Fsp3) is 1.00. The molecule has 0 aliphatic heterocycles. The van der Waals surface area contributed by atoms with Gasteiger partial charge in [-0.15, -0.1) is 0 Å². The van der Waals surface area contributed by atoms with Crippen molar-refractivity contribution in [2.45, 2.75) is 6.92 Å². The van der Waals surface area contributed by atoms with Crippen LogP contribution in [0.4, 0.5) is 0 Å². The zero-order chi connectivity index (χ0) is 5.91. The quantitative estimate of drug-likeness (QED) is 0.596. The van der Waals surface area contributed by atoms with Crippen LogP contribution in [0.25, 0.3) is 0 Å². The van der Waals surface area contributed by atoms with Crippen LogP contribution in [0, 0.1) is 0 Å². The van der Waals surface area contributed by atoms with Crippen molar-refractivity contribution in [1.82, 2.24) is 0 Å². The van der Waals surface area contributed by atoms with Crippen LogP contribution in [-0.2, 0) is 9.09 Å². The van der Waals surface area contributed by atoms with Gasteiger partial charge in [-0.2, -0.15) is 0 Å². The highest BCUT2D eigenvalue weighted by Gasteiger charge is 2.10. The molecule has 0 aliphatic carbocycles. The molecule has 0 aromatic heterocycles. The van der Waals surface area contributed by atoms with Gasteiger partial charge in [-0.3, -0.25) is 4.52 Å². The molecule has 0 saturated heterocycles. The summed E-state index contributed by atoms with van der Waals surface area (Å²) in [6.45, 7) is -1.94. The van der Waals surface area contributed by atoms with Crippen molar-refractivity contribution in [2.75, 3.05) is 6.61 Å². The molecule has 0 aliphatic rings. The lowest BCUT2D eigenvalue weighted by molar-refractivity contribution is 0.290. The Bertz CT molecular complexity index is 86.9. The van der Waals surface area contributed by atoms with Crippen LogP contribution < -0.4 is 0 Å². The highest BCUT2D eigenvalue weighted by Crippen LogP contribution is 2.46. The Morgan fingerprint density at radius 1 is 2.00 bits per heavy atom. The lowest BCUT2D eigenvalue weighted by Crippen LogP contribution is -1.79. The Hall–Kier alpha value is 0.440. The summed E-state index contributed by atoms with van der Waals surface area (Å²) in [4.78, 5) is 8.12. The molecule has 1 unspecified atom stereocenters. The fourth-order valence-corrected chi connectivity index (χ4v) is 0.770. The summed E-state index contributed by atoms with van der Waals surface area (Å²) in [5.41, 5.74) is 0. The maximum absolute atomic E-state index is 9.91. The van der Waals surface area contributed by atoms with E-state index in [0.29, 0.717) is 0 Å². The second-order valence-corrected chi connectivity index (χ2v) is 3.31. The summed E-state index contributed by atoms with van der Waals surface area (Å²) in [7, 11) is 0. The van der Waals surface area contributed by atoms with Crippen molar-refractivity contribution in [2.24, 2.45) is 0 Å². The third-order valence-corrected chi connectivity index (χ3v) is 1.16. The third kappa shape index (κ3) is 6.44. The van der Waals surface area contributed by atoms with E-state index < -0.39 is 6.95 Å². The molecule has 0 aromatic carbocycles. The molecular formula is C2H6ClO3P. The minimum absolute atomic E-state index is 0.164. The first kappa shape index (κ1) is 7.44. The summed E-state index contributed by atoms with van der Waals surface area (Å²) in [6.07, 6.45) is 0. The topological polar surface area (TPSA) is 46.5 Å². The molecular weight excluding hydrogens is 138 g/mol. The second-order valence-electron chi connectivity index (χ2n) is 0.869. The molecule has 0 spiro atoms. The molecule has 0 bridgehead atoms. The number of hydrogen-bond donors (Lipinski definition) is 1. The van der Waals surface area contributed by atoms with Gasteiger partial charge in [-0.05, 0) is 6.92 Å². The fourth-order valence-electron chi connectivity index (χ4n) is 0.159. The predicted molar refractivity (Wildman–Crippen MR) is 27.3 cm³/mol. The van der Waals surface area contributed by atoms with Crippen molar-refractivity contribution >= 4 is 18.2 Å². The SMILES string of the molecule is CCOP(=O)(O)Cl. The molecule has 0 saturated carbocycles. The van der Waals surface area contributed by atoms with Gasteiger partial charge in [0.2, 0.25) is 0 Å². The number of rotatable bonds is 2. The minimum Gasteiger partial charge on any atom is -0.313 e. The highest BCUT2D eigenvalue weighted by molar-refractivity contribution is 7.80. The Kier molecular flexibility index (Phi) is 2.84. The molecule has 0 aromatic rings. The van der Waals surface area contributed by atoms with E-state index in [4.69, 9.17) is 16.1 Å². The molecule has 0 heterocycles. The third-order valence-electron chi connectivity index (χ3n) is 0.288. The van der Waals surface area contributed by atoms with Crippen LogP contribution in [0.2, 0.25) is 0 Å². The van der Waals surface area contributed by atoms with E-state index in [-0.39, 0.29) is 6.61 Å². The average molecular weight is 144 g/mol. The van der Waals surface area contributed by atoms with Crippen molar-refractivity contribution in [1.29, 1.82) is 0 Å². The molecule has 7 heavy (non-hydrogen) atoms. The Balaban J connectivity index is 3.36. The molecule has 0 amide bonds. The standard InChI is InChI=1S/C2H6ClO3P/c1-2-6-7(3,4)5/h2H2,1H3,(H,4,5). The van der Waals surface area contributed by atoms with Crippen molar-refractivity contribution < 1.29 is 14.0 Å². The van der Waals surface area contributed by atoms with E-state index in [0.717, 1.165) is 0 Å². The first-order chi connectivity index (χ1) is 3.06. The van der Waals surface area contributed by atoms with E-state index in [1.165, 1.54) is 0 Å². The average Bonchev–Trinajstić information content (AvgIpc) is 1.30. The van der Waals surface area contributed by atoms with Crippen LogP contribution in [0.5, 0.6) is 0 Å². The van der Waals surface area contributed by atoms with E-state index in [1.54, 1.807) is 6.92 Å². The van der Waals surface area contributed by atoms with Gasteiger partial charge >= 0.3 is 6.95 Å². The molecule has 44 valence electrons. The van der Waals surface area contributed by atoms with Crippen LogP contribution >= 0.6 is 18.2 Å². The van der Waals surface area contributed by atoms with Crippen molar-refractivity contribution in [3.63, 3.8) is 0 Å². The van der Waals surface area contributed by atoms with Gasteiger partial charge in [0.05, 0.1) is 6.61 Å². The molecule has 0 fully saturated rings.